The lowest BCUT2D eigenvalue weighted by atomic mass is 10.0. The first-order chi connectivity index (χ1) is 12.6. The molecule has 0 bridgehead atoms. The van der Waals surface area contributed by atoms with Crippen LogP contribution in [0.5, 0.6) is 0 Å². The summed E-state index contributed by atoms with van der Waals surface area (Å²) < 4.78 is 0. The summed E-state index contributed by atoms with van der Waals surface area (Å²) in [5.41, 5.74) is 1.32. The monoisotopic (exact) mass is 388 g/mol. The molecule has 1 unspecified atom stereocenters. The van der Waals surface area contributed by atoms with Crippen LogP contribution in [-0.2, 0) is 4.79 Å². The lowest BCUT2D eigenvalue weighted by molar-refractivity contribution is -0.131. The van der Waals surface area contributed by atoms with Crippen LogP contribution < -0.4 is 5.32 Å². The van der Waals surface area contributed by atoms with E-state index in [-0.39, 0.29) is 24.3 Å². The third-order valence-electron chi connectivity index (χ3n) is 4.37. The van der Waals surface area contributed by atoms with Crippen LogP contribution in [0.3, 0.4) is 0 Å². The van der Waals surface area contributed by atoms with E-state index >= 15 is 0 Å². The number of carbonyl (C=O) groups is 2. The molecule has 1 atom stereocenters. The van der Waals surface area contributed by atoms with Crippen molar-refractivity contribution in [3.8, 4) is 0 Å². The maximum absolute atomic E-state index is 12.7. The molecule has 1 heterocycles. The van der Waals surface area contributed by atoms with Gasteiger partial charge in [-0.25, -0.2) is 0 Å². The molecular formula is C20H21ClN2O2S. The Hall–Kier alpha value is -1.98. The summed E-state index contributed by atoms with van der Waals surface area (Å²) in [6.45, 7) is 1.53. The van der Waals surface area contributed by atoms with E-state index < -0.39 is 0 Å². The van der Waals surface area contributed by atoms with Crippen LogP contribution in [0.4, 0.5) is 0 Å². The van der Waals surface area contributed by atoms with E-state index in [0.29, 0.717) is 10.6 Å². The summed E-state index contributed by atoms with van der Waals surface area (Å²) in [6, 6.07) is 16.1. The second-order valence-corrected chi connectivity index (χ2v) is 7.75. The summed E-state index contributed by atoms with van der Waals surface area (Å²) in [6.07, 6.45) is 0.241. The molecule has 1 aliphatic heterocycles. The predicted octanol–water partition coefficient (Wildman–Crippen LogP) is 3.78. The summed E-state index contributed by atoms with van der Waals surface area (Å²) in [5, 5.41) is 3.38. The van der Waals surface area contributed by atoms with E-state index in [1.54, 1.807) is 24.3 Å². The maximum atomic E-state index is 12.7. The molecule has 2 aromatic rings. The van der Waals surface area contributed by atoms with Gasteiger partial charge in [0.05, 0.1) is 23.0 Å². The van der Waals surface area contributed by atoms with Gasteiger partial charge in [0.1, 0.15) is 0 Å². The number of thioether (sulfide) groups is 1. The highest BCUT2D eigenvalue weighted by molar-refractivity contribution is 7.99. The van der Waals surface area contributed by atoms with Crippen LogP contribution in [-0.4, -0.2) is 41.3 Å². The minimum atomic E-state index is -0.387. The fourth-order valence-corrected chi connectivity index (χ4v) is 4.06. The zero-order valence-corrected chi connectivity index (χ0v) is 15.9. The topological polar surface area (TPSA) is 49.4 Å². The number of rotatable bonds is 5. The number of nitrogens with zero attached hydrogens (tertiary/aromatic N) is 1. The number of hydrogen-bond acceptors (Lipinski definition) is 3. The molecule has 26 heavy (non-hydrogen) atoms. The fourth-order valence-electron chi connectivity index (χ4n) is 2.94. The van der Waals surface area contributed by atoms with E-state index in [1.807, 2.05) is 47.0 Å². The highest BCUT2D eigenvalue weighted by Crippen LogP contribution is 2.22. The molecule has 4 nitrogen and oxygen atoms in total. The Balaban J connectivity index is 1.76. The molecule has 0 spiro atoms. The highest BCUT2D eigenvalue weighted by Gasteiger charge is 2.24. The Morgan fingerprint density at radius 1 is 1.04 bits per heavy atom. The van der Waals surface area contributed by atoms with E-state index in [2.05, 4.69) is 5.32 Å². The molecule has 136 valence electrons. The Bertz CT molecular complexity index is 763. The molecule has 6 heteroatoms. The van der Waals surface area contributed by atoms with Crippen LogP contribution in [0.2, 0.25) is 5.02 Å². The van der Waals surface area contributed by atoms with Crippen molar-refractivity contribution in [2.75, 3.05) is 24.6 Å². The minimum Gasteiger partial charge on any atom is -0.345 e. The van der Waals surface area contributed by atoms with Crippen molar-refractivity contribution >= 4 is 35.2 Å². The molecule has 0 aromatic heterocycles. The smallest absolute Gasteiger partial charge is 0.253 e. The second kappa shape index (κ2) is 9.10. The van der Waals surface area contributed by atoms with Gasteiger partial charge >= 0.3 is 0 Å². The highest BCUT2D eigenvalue weighted by atomic mass is 35.5. The van der Waals surface area contributed by atoms with Crippen molar-refractivity contribution < 1.29 is 9.59 Å². The van der Waals surface area contributed by atoms with Crippen LogP contribution in [0.25, 0.3) is 0 Å². The van der Waals surface area contributed by atoms with Gasteiger partial charge in [-0.2, -0.15) is 11.8 Å². The molecule has 2 aromatic carbocycles. The average Bonchev–Trinajstić information content (AvgIpc) is 2.69. The Kier molecular flexibility index (Phi) is 6.58. The van der Waals surface area contributed by atoms with Crippen LogP contribution in [0.1, 0.15) is 28.4 Å². The molecule has 3 rings (SSSR count). The summed E-state index contributed by atoms with van der Waals surface area (Å²) in [7, 11) is 0. The van der Waals surface area contributed by atoms with E-state index in [9.17, 15) is 9.59 Å². The first-order valence-corrected chi connectivity index (χ1v) is 10.1. The number of benzene rings is 2. The van der Waals surface area contributed by atoms with Gasteiger partial charge in [-0.1, -0.05) is 54.1 Å². The number of hydrogen-bond donors (Lipinski definition) is 1. The van der Waals surface area contributed by atoms with Gasteiger partial charge in [0.15, 0.2) is 0 Å². The molecule has 1 saturated heterocycles. The molecule has 1 fully saturated rings. The molecular weight excluding hydrogens is 368 g/mol. The number of carbonyl (C=O) groups excluding carboxylic acids is 2. The van der Waals surface area contributed by atoms with Gasteiger partial charge in [0.25, 0.3) is 5.91 Å². The first kappa shape index (κ1) is 18.8. The number of halogens is 1. The second-order valence-electron chi connectivity index (χ2n) is 6.11. The number of nitrogens with one attached hydrogen (secondary N) is 1. The third-order valence-corrected chi connectivity index (χ3v) is 5.64. The third kappa shape index (κ3) is 4.80. The fraction of sp³-hybridized carbons (Fsp3) is 0.300. The maximum Gasteiger partial charge on any atom is 0.253 e. The first-order valence-electron chi connectivity index (χ1n) is 8.61. The van der Waals surface area contributed by atoms with Crippen molar-refractivity contribution in [2.24, 2.45) is 0 Å². The largest absolute Gasteiger partial charge is 0.345 e. The summed E-state index contributed by atoms with van der Waals surface area (Å²) >= 11 is 8.00. The zero-order chi connectivity index (χ0) is 18.4. The lowest BCUT2D eigenvalue weighted by Crippen LogP contribution is -2.40. The van der Waals surface area contributed by atoms with Gasteiger partial charge < -0.3 is 10.2 Å². The molecule has 1 aliphatic rings. The average molecular weight is 389 g/mol. The standard InChI is InChI=1S/C20H21ClN2O2S/c21-17-9-5-4-8-16(17)20(25)22-18(15-6-2-1-3-7-15)14-19(24)23-10-12-26-13-11-23/h1-9,18H,10-14H2,(H,22,25). The Morgan fingerprint density at radius 2 is 1.69 bits per heavy atom. The summed E-state index contributed by atoms with van der Waals surface area (Å²) in [4.78, 5) is 27.3. The van der Waals surface area contributed by atoms with Crippen molar-refractivity contribution in [3.05, 3.63) is 70.7 Å². The van der Waals surface area contributed by atoms with E-state index in [0.717, 1.165) is 30.2 Å². The van der Waals surface area contributed by atoms with Crippen LogP contribution in [0, 0.1) is 0 Å². The Morgan fingerprint density at radius 3 is 2.38 bits per heavy atom. The predicted molar refractivity (Wildman–Crippen MR) is 107 cm³/mol. The lowest BCUT2D eigenvalue weighted by Gasteiger charge is -2.28. The Labute approximate surface area is 162 Å². The molecule has 0 aliphatic carbocycles. The minimum absolute atomic E-state index is 0.0682. The van der Waals surface area contributed by atoms with Crippen LogP contribution in [0.15, 0.2) is 54.6 Å². The quantitative estimate of drug-likeness (QED) is 0.848. The van der Waals surface area contributed by atoms with Gasteiger partial charge in [-0.05, 0) is 17.7 Å². The van der Waals surface area contributed by atoms with Crippen molar-refractivity contribution in [1.29, 1.82) is 0 Å². The van der Waals surface area contributed by atoms with Crippen molar-refractivity contribution in [1.82, 2.24) is 10.2 Å². The zero-order valence-electron chi connectivity index (χ0n) is 14.4. The van der Waals surface area contributed by atoms with E-state index in [4.69, 9.17) is 11.6 Å². The van der Waals surface area contributed by atoms with Gasteiger partial charge in [-0.15, -0.1) is 0 Å². The summed E-state index contributed by atoms with van der Waals surface area (Å²) in [5.74, 6) is 1.73. The number of amides is 2. The molecule has 1 N–H and O–H groups in total. The van der Waals surface area contributed by atoms with E-state index in [1.165, 1.54) is 0 Å². The SMILES string of the molecule is O=C(NC(CC(=O)N1CCSCC1)c1ccccc1)c1ccccc1Cl. The molecule has 2 amide bonds. The normalized spacial score (nSPS) is 15.3. The molecule has 0 saturated carbocycles. The van der Waals surface area contributed by atoms with Crippen molar-refractivity contribution in [3.63, 3.8) is 0 Å². The van der Waals surface area contributed by atoms with Gasteiger partial charge in [0.2, 0.25) is 5.91 Å². The van der Waals surface area contributed by atoms with Gasteiger partial charge in [-0.3, -0.25) is 9.59 Å². The van der Waals surface area contributed by atoms with Gasteiger partial charge in [0, 0.05) is 24.6 Å². The van der Waals surface area contributed by atoms with Crippen molar-refractivity contribution in [2.45, 2.75) is 12.5 Å². The molecule has 0 radical (unpaired) electrons. The van der Waals surface area contributed by atoms with Crippen LogP contribution >= 0.6 is 23.4 Å².